The summed E-state index contributed by atoms with van der Waals surface area (Å²) in [5.74, 6) is 0.475. The lowest BCUT2D eigenvalue weighted by Gasteiger charge is -1.93. The number of rotatable bonds is 1. The van der Waals surface area contributed by atoms with Gasteiger partial charge < -0.3 is 4.52 Å². The van der Waals surface area contributed by atoms with Gasteiger partial charge in [0.15, 0.2) is 0 Å². The largest absolute Gasteiger partial charge is 0.333 e. The second kappa shape index (κ2) is 3.26. The van der Waals surface area contributed by atoms with Crippen LogP contribution < -0.4 is 0 Å². The summed E-state index contributed by atoms with van der Waals surface area (Å²) in [6.45, 7) is 1.96. The molecule has 5 heteroatoms. The fourth-order valence-corrected chi connectivity index (χ4v) is 1.23. The molecule has 0 aliphatic carbocycles. The van der Waals surface area contributed by atoms with Gasteiger partial charge in [0.05, 0.1) is 5.56 Å². The Morgan fingerprint density at radius 1 is 1.38 bits per heavy atom. The van der Waals surface area contributed by atoms with E-state index in [1.54, 1.807) is 12.4 Å². The molecule has 2 aromatic heterocycles. The van der Waals surface area contributed by atoms with Crippen LogP contribution in [-0.2, 0) is 0 Å². The molecule has 2 aromatic rings. The molecule has 0 aliphatic heterocycles. The van der Waals surface area contributed by atoms with Crippen LogP contribution >= 0.6 is 15.9 Å². The molecule has 0 saturated carbocycles. The highest BCUT2D eigenvalue weighted by atomic mass is 79.9. The van der Waals surface area contributed by atoms with Gasteiger partial charge in [0, 0.05) is 12.4 Å². The van der Waals surface area contributed by atoms with Crippen molar-refractivity contribution >= 4 is 15.9 Å². The van der Waals surface area contributed by atoms with Crippen LogP contribution in [0, 0.1) is 6.92 Å². The Bertz CT molecular complexity index is 427. The number of aromatic nitrogens is 3. The number of pyridine rings is 1. The van der Waals surface area contributed by atoms with Crippen molar-refractivity contribution in [2.75, 3.05) is 0 Å². The zero-order chi connectivity index (χ0) is 9.26. The fourth-order valence-electron chi connectivity index (χ4n) is 0.995. The standard InChI is InChI=1S/C8H6BrN3O/c1-5-2-6(4-10-3-5)7-11-8(9)12-13-7/h2-4H,1H3. The molecule has 0 unspecified atom stereocenters. The van der Waals surface area contributed by atoms with Crippen LogP contribution in [0.25, 0.3) is 11.5 Å². The smallest absolute Gasteiger partial charge is 0.260 e. The first-order chi connectivity index (χ1) is 6.25. The minimum Gasteiger partial charge on any atom is -0.333 e. The molecule has 0 amide bonds. The van der Waals surface area contributed by atoms with Gasteiger partial charge in [0.25, 0.3) is 5.89 Å². The highest BCUT2D eigenvalue weighted by Crippen LogP contribution is 2.18. The van der Waals surface area contributed by atoms with E-state index in [1.165, 1.54) is 0 Å². The van der Waals surface area contributed by atoms with Gasteiger partial charge >= 0.3 is 0 Å². The van der Waals surface area contributed by atoms with Gasteiger partial charge in [0.2, 0.25) is 4.73 Å². The van der Waals surface area contributed by atoms with E-state index in [2.05, 4.69) is 31.1 Å². The first kappa shape index (κ1) is 8.37. The van der Waals surface area contributed by atoms with E-state index in [0.29, 0.717) is 10.6 Å². The minimum absolute atomic E-state index is 0.448. The summed E-state index contributed by atoms with van der Waals surface area (Å²) < 4.78 is 5.41. The summed E-state index contributed by atoms with van der Waals surface area (Å²) in [6.07, 6.45) is 3.46. The van der Waals surface area contributed by atoms with Gasteiger partial charge in [0.1, 0.15) is 0 Å². The molecular formula is C8H6BrN3O. The summed E-state index contributed by atoms with van der Waals surface area (Å²) in [5.41, 5.74) is 1.89. The Balaban J connectivity index is 2.46. The van der Waals surface area contributed by atoms with E-state index in [-0.39, 0.29) is 0 Å². The third kappa shape index (κ3) is 1.75. The molecule has 0 N–H and O–H groups in total. The topological polar surface area (TPSA) is 51.8 Å². The fraction of sp³-hybridized carbons (Fsp3) is 0.125. The van der Waals surface area contributed by atoms with Crippen molar-refractivity contribution in [2.24, 2.45) is 0 Å². The van der Waals surface area contributed by atoms with E-state index in [1.807, 2.05) is 13.0 Å². The first-order valence-corrected chi connectivity index (χ1v) is 4.46. The lowest BCUT2D eigenvalue weighted by Crippen LogP contribution is -1.81. The first-order valence-electron chi connectivity index (χ1n) is 3.67. The summed E-state index contributed by atoms with van der Waals surface area (Å²) in [5, 5.41) is 3.63. The Morgan fingerprint density at radius 2 is 2.23 bits per heavy atom. The molecule has 2 rings (SSSR count). The van der Waals surface area contributed by atoms with Crippen LogP contribution in [0.5, 0.6) is 0 Å². The van der Waals surface area contributed by atoms with Gasteiger partial charge in [-0.3, -0.25) is 4.98 Å². The quantitative estimate of drug-likeness (QED) is 0.766. The molecule has 0 bridgehead atoms. The second-order valence-corrected chi connectivity index (χ2v) is 3.33. The van der Waals surface area contributed by atoms with Crippen LogP contribution in [0.1, 0.15) is 5.56 Å². The van der Waals surface area contributed by atoms with Gasteiger partial charge in [-0.15, -0.1) is 0 Å². The summed E-state index contributed by atoms with van der Waals surface area (Å²) in [4.78, 5) is 8.05. The van der Waals surface area contributed by atoms with Gasteiger partial charge in [-0.25, -0.2) is 0 Å². The van der Waals surface area contributed by atoms with Crippen LogP contribution in [-0.4, -0.2) is 15.1 Å². The van der Waals surface area contributed by atoms with Crippen LogP contribution in [0.4, 0.5) is 0 Å². The van der Waals surface area contributed by atoms with Crippen molar-refractivity contribution in [1.29, 1.82) is 0 Å². The molecule has 0 radical (unpaired) electrons. The lowest BCUT2D eigenvalue weighted by molar-refractivity contribution is 0.426. The highest BCUT2D eigenvalue weighted by molar-refractivity contribution is 9.10. The number of nitrogens with zero attached hydrogens (tertiary/aromatic N) is 3. The molecule has 13 heavy (non-hydrogen) atoms. The van der Waals surface area contributed by atoms with Crippen molar-refractivity contribution in [3.63, 3.8) is 0 Å². The number of aryl methyl sites for hydroxylation is 1. The lowest BCUT2D eigenvalue weighted by atomic mass is 10.2. The van der Waals surface area contributed by atoms with Crippen LogP contribution in [0.2, 0.25) is 0 Å². The normalized spacial score (nSPS) is 10.3. The Labute approximate surface area is 83.1 Å². The second-order valence-electron chi connectivity index (χ2n) is 2.62. The molecule has 2 heterocycles. The van der Waals surface area contributed by atoms with E-state index in [9.17, 15) is 0 Å². The average Bonchev–Trinajstić information content (AvgIpc) is 2.52. The Kier molecular flexibility index (Phi) is 2.10. The van der Waals surface area contributed by atoms with Crippen molar-refractivity contribution < 1.29 is 4.52 Å². The molecular weight excluding hydrogens is 234 g/mol. The molecule has 0 atom stereocenters. The van der Waals surface area contributed by atoms with Gasteiger partial charge in [-0.1, -0.05) is 0 Å². The van der Waals surface area contributed by atoms with Crippen molar-refractivity contribution in [1.82, 2.24) is 15.1 Å². The highest BCUT2D eigenvalue weighted by Gasteiger charge is 2.06. The molecule has 66 valence electrons. The molecule has 0 spiro atoms. The number of hydrogen-bond acceptors (Lipinski definition) is 4. The van der Waals surface area contributed by atoms with E-state index >= 15 is 0 Å². The number of halogens is 1. The van der Waals surface area contributed by atoms with Crippen molar-refractivity contribution in [3.05, 3.63) is 28.8 Å². The van der Waals surface area contributed by atoms with Crippen molar-refractivity contribution in [2.45, 2.75) is 6.92 Å². The molecule has 4 nitrogen and oxygen atoms in total. The van der Waals surface area contributed by atoms with E-state index in [0.717, 1.165) is 11.1 Å². The zero-order valence-electron chi connectivity index (χ0n) is 6.86. The SMILES string of the molecule is Cc1cncc(-c2nc(Br)no2)c1. The zero-order valence-corrected chi connectivity index (χ0v) is 8.45. The molecule has 0 aliphatic rings. The predicted octanol–water partition coefficient (Wildman–Crippen LogP) is 2.20. The number of hydrogen-bond donors (Lipinski definition) is 0. The molecule has 0 saturated heterocycles. The third-order valence-corrected chi connectivity index (χ3v) is 1.85. The van der Waals surface area contributed by atoms with Gasteiger partial charge in [-0.2, -0.15) is 4.98 Å². The average molecular weight is 240 g/mol. The monoisotopic (exact) mass is 239 g/mol. The summed E-state index contributed by atoms with van der Waals surface area (Å²) >= 11 is 3.11. The molecule has 0 fully saturated rings. The minimum atomic E-state index is 0.448. The summed E-state index contributed by atoms with van der Waals surface area (Å²) in [7, 11) is 0. The Morgan fingerprint density at radius 3 is 2.85 bits per heavy atom. The maximum atomic E-state index is 4.96. The predicted molar refractivity (Wildman–Crippen MR) is 50.0 cm³/mol. The Hall–Kier alpha value is -1.23. The van der Waals surface area contributed by atoms with E-state index in [4.69, 9.17) is 4.52 Å². The third-order valence-electron chi connectivity index (χ3n) is 1.52. The maximum absolute atomic E-state index is 4.96. The maximum Gasteiger partial charge on any atom is 0.260 e. The van der Waals surface area contributed by atoms with Crippen molar-refractivity contribution in [3.8, 4) is 11.5 Å². The van der Waals surface area contributed by atoms with Gasteiger partial charge in [-0.05, 0) is 39.6 Å². The summed E-state index contributed by atoms with van der Waals surface area (Å²) in [6, 6.07) is 1.94. The van der Waals surface area contributed by atoms with Crippen LogP contribution in [0.15, 0.2) is 27.7 Å². The van der Waals surface area contributed by atoms with E-state index < -0.39 is 0 Å². The van der Waals surface area contributed by atoms with Crippen LogP contribution in [0.3, 0.4) is 0 Å². The molecule has 0 aromatic carbocycles.